The highest BCUT2D eigenvalue weighted by molar-refractivity contribution is 5.81. The molecule has 1 fully saturated rings. The number of piperidine rings is 1. The zero-order valence-corrected chi connectivity index (χ0v) is 12.8. The number of halogens is 1. The SMILES string of the molecule is Fc1c(-c2ccc(CN3CCCCC3)cn2)ncc2[nH]ncc12. The summed E-state index contributed by atoms with van der Waals surface area (Å²) >= 11 is 0. The summed E-state index contributed by atoms with van der Waals surface area (Å²) in [5.41, 5.74) is 2.56. The molecule has 0 unspecified atom stereocenters. The van der Waals surface area contributed by atoms with E-state index in [1.54, 1.807) is 6.20 Å². The average molecular weight is 311 g/mol. The van der Waals surface area contributed by atoms with Crippen LogP contribution in [0.2, 0.25) is 0 Å². The number of hydrogen-bond donors (Lipinski definition) is 1. The van der Waals surface area contributed by atoms with Crippen LogP contribution in [0.5, 0.6) is 0 Å². The molecule has 4 heterocycles. The van der Waals surface area contributed by atoms with E-state index in [4.69, 9.17) is 0 Å². The molecule has 0 spiro atoms. The van der Waals surface area contributed by atoms with E-state index < -0.39 is 0 Å². The van der Waals surface area contributed by atoms with E-state index in [1.165, 1.54) is 25.5 Å². The van der Waals surface area contributed by atoms with Gasteiger partial charge in [-0.3, -0.25) is 15.0 Å². The lowest BCUT2D eigenvalue weighted by molar-refractivity contribution is 0.220. The predicted molar refractivity (Wildman–Crippen MR) is 86.2 cm³/mol. The molecule has 118 valence electrons. The molecule has 0 saturated carbocycles. The molecule has 1 aliphatic heterocycles. The van der Waals surface area contributed by atoms with Crippen molar-refractivity contribution in [3.63, 3.8) is 0 Å². The lowest BCUT2D eigenvalue weighted by atomic mass is 10.1. The molecule has 0 aliphatic carbocycles. The van der Waals surface area contributed by atoms with E-state index in [1.807, 2.05) is 18.3 Å². The summed E-state index contributed by atoms with van der Waals surface area (Å²) in [4.78, 5) is 11.0. The number of H-pyrrole nitrogens is 1. The highest BCUT2D eigenvalue weighted by atomic mass is 19.1. The summed E-state index contributed by atoms with van der Waals surface area (Å²) in [5.74, 6) is -0.382. The molecule has 0 aromatic carbocycles. The largest absolute Gasteiger partial charge is 0.299 e. The van der Waals surface area contributed by atoms with Crippen LogP contribution >= 0.6 is 0 Å². The van der Waals surface area contributed by atoms with Gasteiger partial charge in [-0.05, 0) is 37.6 Å². The lowest BCUT2D eigenvalue weighted by Crippen LogP contribution is -2.29. The van der Waals surface area contributed by atoms with Gasteiger partial charge < -0.3 is 0 Å². The minimum Gasteiger partial charge on any atom is -0.299 e. The van der Waals surface area contributed by atoms with Gasteiger partial charge in [-0.2, -0.15) is 5.10 Å². The molecule has 0 radical (unpaired) electrons. The second-order valence-corrected chi connectivity index (χ2v) is 6.01. The normalized spacial score (nSPS) is 16.0. The number of pyridine rings is 2. The number of hydrogen-bond acceptors (Lipinski definition) is 4. The quantitative estimate of drug-likeness (QED) is 0.807. The van der Waals surface area contributed by atoms with E-state index in [0.717, 1.165) is 25.2 Å². The summed E-state index contributed by atoms with van der Waals surface area (Å²) in [5, 5.41) is 7.00. The average Bonchev–Trinajstić information content (AvgIpc) is 3.07. The van der Waals surface area contributed by atoms with Crippen molar-refractivity contribution in [3.8, 4) is 11.4 Å². The molecule has 0 bridgehead atoms. The Labute approximate surface area is 133 Å². The Morgan fingerprint density at radius 1 is 1.04 bits per heavy atom. The zero-order valence-electron chi connectivity index (χ0n) is 12.8. The van der Waals surface area contributed by atoms with Gasteiger partial charge in [0.05, 0.1) is 29.0 Å². The van der Waals surface area contributed by atoms with Crippen LogP contribution in [0, 0.1) is 5.82 Å². The Morgan fingerprint density at radius 2 is 1.91 bits per heavy atom. The Kier molecular flexibility index (Phi) is 3.75. The van der Waals surface area contributed by atoms with Gasteiger partial charge in [-0.15, -0.1) is 0 Å². The molecule has 6 heteroatoms. The lowest BCUT2D eigenvalue weighted by Gasteiger charge is -2.26. The number of aromatic amines is 1. The van der Waals surface area contributed by atoms with Crippen molar-refractivity contribution in [2.45, 2.75) is 25.8 Å². The van der Waals surface area contributed by atoms with Crippen LogP contribution in [0.15, 0.2) is 30.7 Å². The first-order valence-corrected chi connectivity index (χ1v) is 7.96. The maximum Gasteiger partial charge on any atom is 0.162 e. The summed E-state index contributed by atoms with van der Waals surface area (Å²) in [6.45, 7) is 3.20. The topological polar surface area (TPSA) is 57.7 Å². The van der Waals surface area contributed by atoms with Gasteiger partial charge in [-0.25, -0.2) is 9.37 Å². The summed E-state index contributed by atoms with van der Waals surface area (Å²) in [6.07, 6.45) is 8.75. The van der Waals surface area contributed by atoms with Gasteiger partial charge in [0.2, 0.25) is 0 Å². The summed E-state index contributed by atoms with van der Waals surface area (Å²) in [7, 11) is 0. The first-order valence-electron chi connectivity index (χ1n) is 7.96. The third kappa shape index (κ3) is 2.82. The Balaban J connectivity index is 1.58. The first kappa shape index (κ1) is 14.3. The van der Waals surface area contributed by atoms with Gasteiger partial charge in [-0.1, -0.05) is 12.5 Å². The molecule has 5 nitrogen and oxygen atoms in total. The van der Waals surface area contributed by atoms with Crippen molar-refractivity contribution in [2.24, 2.45) is 0 Å². The number of rotatable bonds is 3. The van der Waals surface area contributed by atoms with Crippen LogP contribution < -0.4 is 0 Å². The van der Waals surface area contributed by atoms with E-state index in [-0.39, 0.29) is 11.5 Å². The molecule has 0 atom stereocenters. The predicted octanol–water partition coefficient (Wildman–Crippen LogP) is 3.14. The van der Waals surface area contributed by atoms with Crippen molar-refractivity contribution in [1.29, 1.82) is 0 Å². The maximum absolute atomic E-state index is 14.5. The Morgan fingerprint density at radius 3 is 2.70 bits per heavy atom. The minimum atomic E-state index is -0.382. The van der Waals surface area contributed by atoms with E-state index in [2.05, 4.69) is 25.1 Å². The van der Waals surface area contributed by atoms with E-state index in [0.29, 0.717) is 16.6 Å². The molecule has 1 saturated heterocycles. The number of nitrogens with zero attached hydrogens (tertiary/aromatic N) is 4. The summed E-state index contributed by atoms with van der Waals surface area (Å²) in [6, 6.07) is 3.86. The molecule has 1 aliphatic rings. The molecule has 1 N–H and O–H groups in total. The standard InChI is InChI=1S/C17H18FN5/c18-16-13-9-21-22-15(13)10-20-17(16)14-5-4-12(8-19-14)11-23-6-2-1-3-7-23/h4-5,8-10H,1-3,6-7,11H2,(H,21,22). The molecule has 23 heavy (non-hydrogen) atoms. The smallest absolute Gasteiger partial charge is 0.162 e. The number of aromatic nitrogens is 4. The van der Waals surface area contributed by atoms with Crippen molar-refractivity contribution in [1.82, 2.24) is 25.1 Å². The van der Waals surface area contributed by atoms with Gasteiger partial charge in [0.1, 0.15) is 5.69 Å². The fourth-order valence-electron chi connectivity index (χ4n) is 3.10. The highest BCUT2D eigenvalue weighted by Gasteiger charge is 2.14. The second kappa shape index (κ2) is 6.04. The number of likely N-dealkylation sites (tertiary alicyclic amines) is 1. The van der Waals surface area contributed by atoms with Crippen molar-refractivity contribution >= 4 is 10.9 Å². The first-order chi connectivity index (χ1) is 11.3. The maximum atomic E-state index is 14.5. The van der Waals surface area contributed by atoms with Crippen LogP contribution in [0.3, 0.4) is 0 Å². The molecule has 3 aromatic rings. The molecule has 3 aromatic heterocycles. The minimum absolute atomic E-state index is 0.267. The van der Waals surface area contributed by atoms with Crippen LogP contribution in [0.1, 0.15) is 24.8 Å². The summed E-state index contributed by atoms with van der Waals surface area (Å²) < 4.78 is 14.5. The third-order valence-corrected chi connectivity index (χ3v) is 4.36. The Bertz CT molecular complexity index is 805. The van der Waals surface area contributed by atoms with E-state index >= 15 is 0 Å². The van der Waals surface area contributed by atoms with Gasteiger partial charge in [0.25, 0.3) is 0 Å². The number of fused-ring (bicyclic) bond motifs is 1. The highest BCUT2D eigenvalue weighted by Crippen LogP contribution is 2.24. The van der Waals surface area contributed by atoms with Crippen LogP contribution in [-0.2, 0) is 6.54 Å². The monoisotopic (exact) mass is 311 g/mol. The third-order valence-electron chi connectivity index (χ3n) is 4.36. The van der Waals surface area contributed by atoms with Gasteiger partial charge >= 0.3 is 0 Å². The van der Waals surface area contributed by atoms with Crippen LogP contribution in [0.25, 0.3) is 22.3 Å². The second-order valence-electron chi connectivity index (χ2n) is 6.01. The molecular formula is C17H18FN5. The van der Waals surface area contributed by atoms with Crippen molar-refractivity contribution < 1.29 is 4.39 Å². The van der Waals surface area contributed by atoms with Crippen molar-refractivity contribution in [2.75, 3.05) is 13.1 Å². The number of nitrogens with one attached hydrogen (secondary N) is 1. The zero-order chi connectivity index (χ0) is 15.6. The van der Waals surface area contributed by atoms with Crippen LogP contribution in [0.4, 0.5) is 4.39 Å². The van der Waals surface area contributed by atoms with E-state index in [9.17, 15) is 4.39 Å². The fraction of sp³-hybridized carbons (Fsp3) is 0.353. The van der Waals surface area contributed by atoms with Gasteiger partial charge in [0, 0.05) is 12.7 Å². The Hall–Kier alpha value is -2.34. The van der Waals surface area contributed by atoms with Crippen molar-refractivity contribution in [3.05, 3.63) is 42.1 Å². The molecule has 0 amide bonds. The van der Waals surface area contributed by atoms with Gasteiger partial charge in [0.15, 0.2) is 5.82 Å². The fourth-order valence-corrected chi connectivity index (χ4v) is 3.10. The van der Waals surface area contributed by atoms with Crippen LogP contribution in [-0.4, -0.2) is 38.2 Å². The molecule has 4 rings (SSSR count). The molecular weight excluding hydrogens is 293 g/mol.